The van der Waals surface area contributed by atoms with Crippen molar-refractivity contribution in [2.75, 3.05) is 0 Å². The molecule has 0 fully saturated rings. The number of nitrogens with zero attached hydrogens (tertiary/aromatic N) is 2. The third-order valence-corrected chi connectivity index (χ3v) is 7.32. The van der Waals surface area contributed by atoms with Gasteiger partial charge in [0.1, 0.15) is 28.1 Å². The molecule has 4 aromatic carbocycles. The fraction of sp³-hybridized carbons (Fsp3) is 0.0556. The van der Waals surface area contributed by atoms with Gasteiger partial charge in [0.05, 0.1) is 0 Å². The lowest BCUT2D eigenvalue weighted by molar-refractivity contribution is 0.599. The van der Waals surface area contributed by atoms with Crippen molar-refractivity contribution in [3.63, 3.8) is 0 Å². The summed E-state index contributed by atoms with van der Waals surface area (Å²) in [5.41, 5.74) is 9.95. The van der Waals surface area contributed by atoms with Crippen LogP contribution in [0.2, 0.25) is 0 Å². The molecule has 7 aromatic rings. The van der Waals surface area contributed by atoms with E-state index in [1.54, 1.807) is 0 Å². The van der Waals surface area contributed by atoms with Gasteiger partial charge in [-0.3, -0.25) is 0 Å². The number of allylic oxidation sites excluding steroid dienone is 1. The lowest BCUT2D eigenvalue weighted by Crippen LogP contribution is -1.95. The fourth-order valence-corrected chi connectivity index (χ4v) is 5.40. The van der Waals surface area contributed by atoms with Crippen molar-refractivity contribution in [3.8, 4) is 22.6 Å². The lowest BCUT2D eigenvalue weighted by Gasteiger charge is -2.10. The van der Waals surface area contributed by atoms with E-state index < -0.39 is 0 Å². The van der Waals surface area contributed by atoms with Gasteiger partial charge in [0.25, 0.3) is 0 Å². The van der Waals surface area contributed by atoms with Crippen LogP contribution in [0, 0.1) is 6.92 Å². The van der Waals surface area contributed by atoms with E-state index in [2.05, 4.69) is 62.0 Å². The van der Waals surface area contributed by atoms with Crippen LogP contribution in [0.25, 0.3) is 67.3 Å². The van der Waals surface area contributed by atoms with E-state index >= 15 is 0 Å². The third kappa shape index (κ3) is 3.85. The van der Waals surface area contributed by atoms with E-state index in [1.807, 2.05) is 67.6 Å². The van der Waals surface area contributed by atoms with Gasteiger partial charge in [-0.05, 0) is 43.7 Å². The summed E-state index contributed by atoms with van der Waals surface area (Å²) in [6, 6.07) is 32.7. The Hall–Kier alpha value is -5.22. The molecule has 0 N–H and O–H groups in total. The van der Waals surface area contributed by atoms with Gasteiger partial charge in [0.2, 0.25) is 0 Å². The summed E-state index contributed by atoms with van der Waals surface area (Å²) in [5, 5.41) is 2.03. The monoisotopic (exact) mass is 518 g/mol. The SMILES string of the molecule is C=Cc1c(/C(=C\C)c2cccc(-c3nc(-c4ccccc4)c4oc5ccc(C)cc5c4n3)c2)oc2ccccc12. The van der Waals surface area contributed by atoms with E-state index in [1.165, 1.54) is 0 Å². The van der Waals surface area contributed by atoms with Crippen molar-refractivity contribution < 1.29 is 8.83 Å². The van der Waals surface area contributed by atoms with Gasteiger partial charge in [0, 0.05) is 33.0 Å². The van der Waals surface area contributed by atoms with E-state index in [4.69, 9.17) is 18.8 Å². The van der Waals surface area contributed by atoms with Gasteiger partial charge in [-0.2, -0.15) is 0 Å². The second-order valence-electron chi connectivity index (χ2n) is 9.87. The van der Waals surface area contributed by atoms with Crippen molar-refractivity contribution in [1.82, 2.24) is 9.97 Å². The van der Waals surface area contributed by atoms with Gasteiger partial charge in [-0.1, -0.05) is 97.1 Å². The Kier molecular flexibility index (Phi) is 5.67. The highest BCUT2D eigenvalue weighted by Gasteiger charge is 2.20. The second-order valence-corrected chi connectivity index (χ2v) is 9.87. The number of aryl methyl sites for hydroxylation is 1. The Morgan fingerprint density at radius 1 is 0.750 bits per heavy atom. The van der Waals surface area contributed by atoms with Crippen molar-refractivity contribution >= 4 is 44.7 Å². The molecular weight excluding hydrogens is 492 g/mol. The Labute approximate surface area is 231 Å². The van der Waals surface area contributed by atoms with Crippen LogP contribution in [0.15, 0.2) is 119 Å². The minimum absolute atomic E-state index is 0.640. The number of hydrogen-bond acceptors (Lipinski definition) is 4. The van der Waals surface area contributed by atoms with E-state index in [0.717, 1.165) is 72.3 Å². The molecule has 0 atom stereocenters. The first-order valence-corrected chi connectivity index (χ1v) is 13.3. The van der Waals surface area contributed by atoms with E-state index in [9.17, 15) is 0 Å². The lowest BCUT2D eigenvalue weighted by atomic mass is 9.97. The molecule has 0 aliphatic heterocycles. The minimum atomic E-state index is 0.640. The topological polar surface area (TPSA) is 52.1 Å². The molecule has 0 saturated heterocycles. The fourth-order valence-electron chi connectivity index (χ4n) is 5.40. The summed E-state index contributed by atoms with van der Waals surface area (Å²) in [7, 11) is 0. The average molecular weight is 519 g/mol. The zero-order valence-corrected chi connectivity index (χ0v) is 22.3. The second kappa shape index (κ2) is 9.51. The van der Waals surface area contributed by atoms with Gasteiger partial charge in [-0.15, -0.1) is 0 Å². The first kappa shape index (κ1) is 23.9. The van der Waals surface area contributed by atoms with Crippen LogP contribution >= 0.6 is 0 Å². The molecule has 0 amide bonds. The maximum absolute atomic E-state index is 6.34. The summed E-state index contributed by atoms with van der Waals surface area (Å²) in [4.78, 5) is 10.1. The first-order chi connectivity index (χ1) is 19.6. The summed E-state index contributed by atoms with van der Waals surface area (Å²) in [6.07, 6.45) is 3.94. The first-order valence-electron chi connectivity index (χ1n) is 13.3. The van der Waals surface area contributed by atoms with Crippen molar-refractivity contribution in [2.24, 2.45) is 0 Å². The highest BCUT2D eigenvalue weighted by molar-refractivity contribution is 6.07. The van der Waals surface area contributed by atoms with Gasteiger partial charge < -0.3 is 8.83 Å². The molecule has 3 aromatic heterocycles. The standard InChI is InChI=1S/C36H26N2O2/c1-4-26(34-27(5-2)28-16-9-10-17-30(28)39-34)24-14-11-15-25(21-24)36-37-32(23-12-7-6-8-13-23)35-33(38-36)29-20-22(3)18-19-31(29)40-35/h4-21H,2H2,1,3H3/b26-4-. The molecule has 7 rings (SSSR count). The molecule has 3 heterocycles. The van der Waals surface area contributed by atoms with Crippen LogP contribution in [0.5, 0.6) is 0 Å². The Morgan fingerprint density at radius 2 is 1.52 bits per heavy atom. The molecule has 4 nitrogen and oxygen atoms in total. The van der Waals surface area contributed by atoms with Crippen molar-refractivity contribution in [3.05, 3.63) is 132 Å². The normalized spacial score (nSPS) is 12.0. The summed E-state index contributed by atoms with van der Waals surface area (Å²) in [6.45, 7) is 8.17. The Bertz CT molecular complexity index is 2090. The molecule has 0 aliphatic carbocycles. The molecular formula is C36H26N2O2. The summed E-state index contributed by atoms with van der Waals surface area (Å²) in [5.74, 6) is 1.44. The van der Waals surface area contributed by atoms with Crippen LogP contribution < -0.4 is 0 Å². The third-order valence-electron chi connectivity index (χ3n) is 7.32. The maximum atomic E-state index is 6.34. The van der Waals surface area contributed by atoms with Crippen LogP contribution in [0.1, 0.15) is 29.4 Å². The van der Waals surface area contributed by atoms with Crippen LogP contribution in [-0.2, 0) is 0 Å². The molecule has 0 radical (unpaired) electrons. The number of fused-ring (bicyclic) bond motifs is 4. The van der Waals surface area contributed by atoms with Crippen molar-refractivity contribution in [2.45, 2.75) is 13.8 Å². The van der Waals surface area contributed by atoms with Crippen molar-refractivity contribution in [1.29, 1.82) is 0 Å². The number of rotatable bonds is 5. The number of furan rings is 2. The number of para-hydroxylation sites is 1. The molecule has 0 unspecified atom stereocenters. The van der Waals surface area contributed by atoms with Gasteiger partial charge in [0.15, 0.2) is 11.4 Å². The summed E-state index contributed by atoms with van der Waals surface area (Å²) >= 11 is 0. The van der Waals surface area contributed by atoms with Gasteiger partial charge in [-0.25, -0.2) is 9.97 Å². The average Bonchev–Trinajstić information content (AvgIpc) is 3.55. The zero-order valence-electron chi connectivity index (χ0n) is 22.3. The number of benzene rings is 4. The quantitative estimate of drug-likeness (QED) is 0.227. The highest BCUT2D eigenvalue weighted by Crippen LogP contribution is 2.38. The molecule has 0 aliphatic rings. The Morgan fingerprint density at radius 3 is 2.35 bits per heavy atom. The predicted octanol–water partition coefficient (Wildman–Crippen LogP) is 9.86. The summed E-state index contributed by atoms with van der Waals surface area (Å²) < 4.78 is 12.7. The molecule has 40 heavy (non-hydrogen) atoms. The highest BCUT2D eigenvalue weighted by atomic mass is 16.3. The predicted molar refractivity (Wildman–Crippen MR) is 164 cm³/mol. The molecule has 0 saturated carbocycles. The number of hydrogen-bond donors (Lipinski definition) is 0. The Balaban J connectivity index is 1.43. The van der Waals surface area contributed by atoms with Gasteiger partial charge >= 0.3 is 0 Å². The molecule has 0 spiro atoms. The smallest absolute Gasteiger partial charge is 0.180 e. The number of aromatic nitrogens is 2. The minimum Gasteiger partial charge on any atom is -0.455 e. The zero-order chi connectivity index (χ0) is 27.2. The molecule has 192 valence electrons. The maximum Gasteiger partial charge on any atom is 0.180 e. The molecule has 4 heteroatoms. The van der Waals surface area contributed by atoms with E-state index in [-0.39, 0.29) is 0 Å². The van der Waals surface area contributed by atoms with Crippen LogP contribution in [0.4, 0.5) is 0 Å². The largest absolute Gasteiger partial charge is 0.455 e. The van der Waals surface area contributed by atoms with Crippen LogP contribution in [0.3, 0.4) is 0 Å². The molecule has 0 bridgehead atoms. The van der Waals surface area contributed by atoms with Crippen LogP contribution in [-0.4, -0.2) is 9.97 Å². The van der Waals surface area contributed by atoms with E-state index in [0.29, 0.717) is 11.4 Å².